The predicted molar refractivity (Wildman–Crippen MR) is 84.0 cm³/mol. The van der Waals surface area contributed by atoms with Crippen molar-refractivity contribution < 1.29 is 19.1 Å². The van der Waals surface area contributed by atoms with Gasteiger partial charge in [0.2, 0.25) is 0 Å². The molecule has 5 nitrogen and oxygen atoms in total. The molecule has 2 aromatic rings. The molecule has 0 bridgehead atoms. The number of esters is 1. The van der Waals surface area contributed by atoms with E-state index in [1.54, 1.807) is 14.0 Å². The fourth-order valence-electron chi connectivity index (χ4n) is 1.86. The van der Waals surface area contributed by atoms with E-state index in [2.05, 4.69) is 25.7 Å². The number of hydrogen-bond acceptors (Lipinski definition) is 6. The largest absolute Gasteiger partial charge is 0.496 e. The van der Waals surface area contributed by atoms with Crippen molar-refractivity contribution in [3.8, 4) is 5.75 Å². The molecule has 2 rings (SSSR count). The van der Waals surface area contributed by atoms with E-state index in [0.29, 0.717) is 10.8 Å². The average molecular weight is 372 g/mol. The number of carbonyl (C=O) groups is 2. The molecule has 0 saturated heterocycles. The molecule has 0 N–H and O–H groups in total. The van der Waals surface area contributed by atoms with Crippen molar-refractivity contribution in [1.29, 1.82) is 0 Å². The van der Waals surface area contributed by atoms with Crippen LogP contribution in [0.25, 0.3) is 10.2 Å². The maximum absolute atomic E-state index is 12.2. The van der Waals surface area contributed by atoms with Crippen LogP contribution in [-0.4, -0.2) is 31.0 Å². The highest BCUT2D eigenvalue weighted by molar-refractivity contribution is 9.10. The first-order chi connectivity index (χ1) is 9.96. The van der Waals surface area contributed by atoms with Crippen molar-refractivity contribution in [2.45, 2.75) is 13.3 Å². The fourth-order valence-corrected chi connectivity index (χ4v) is 3.27. The Morgan fingerprint density at radius 3 is 2.71 bits per heavy atom. The van der Waals surface area contributed by atoms with E-state index in [1.807, 2.05) is 12.1 Å². The van der Waals surface area contributed by atoms with Crippen molar-refractivity contribution in [3.63, 3.8) is 0 Å². The Bertz CT molecular complexity index is 698. The molecule has 1 aromatic carbocycles. The number of benzene rings is 1. The Labute approximate surface area is 134 Å². The summed E-state index contributed by atoms with van der Waals surface area (Å²) in [5.74, 6) is -0.345. The van der Waals surface area contributed by atoms with Crippen LogP contribution >= 0.6 is 27.3 Å². The number of methoxy groups -OCH3 is 2. The lowest BCUT2D eigenvalue weighted by Gasteiger charge is -2.05. The highest BCUT2D eigenvalue weighted by atomic mass is 79.9. The number of carbonyl (C=O) groups excluding carboxylic acids is 2. The van der Waals surface area contributed by atoms with Crippen LogP contribution in [0.5, 0.6) is 5.75 Å². The van der Waals surface area contributed by atoms with Crippen LogP contribution in [0.1, 0.15) is 23.1 Å². The van der Waals surface area contributed by atoms with E-state index >= 15 is 0 Å². The lowest BCUT2D eigenvalue weighted by molar-refractivity contribution is -0.144. The van der Waals surface area contributed by atoms with Crippen LogP contribution in [0.3, 0.4) is 0 Å². The van der Waals surface area contributed by atoms with E-state index in [4.69, 9.17) is 4.74 Å². The van der Waals surface area contributed by atoms with E-state index in [9.17, 15) is 9.59 Å². The number of Topliss-reactive ketones (excluding diaryl/α,β-unsaturated/α-hetero) is 1. The summed E-state index contributed by atoms with van der Waals surface area (Å²) in [5, 5.41) is 0.390. The quantitative estimate of drug-likeness (QED) is 0.594. The Morgan fingerprint density at radius 1 is 1.38 bits per heavy atom. The molecule has 0 spiro atoms. The molecule has 1 heterocycles. The van der Waals surface area contributed by atoms with Gasteiger partial charge in [-0.2, -0.15) is 0 Å². The van der Waals surface area contributed by atoms with Gasteiger partial charge in [-0.1, -0.05) is 6.92 Å². The molecular weight excluding hydrogens is 358 g/mol. The lowest BCUT2D eigenvalue weighted by atomic mass is 10.1. The predicted octanol–water partition coefficient (Wildman–Crippen LogP) is 3.45. The second-order valence-electron chi connectivity index (χ2n) is 4.53. The zero-order valence-electron chi connectivity index (χ0n) is 11.8. The summed E-state index contributed by atoms with van der Waals surface area (Å²) in [6, 6.07) is 3.64. The van der Waals surface area contributed by atoms with Crippen molar-refractivity contribution >= 4 is 49.2 Å². The summed E-state index contributed by atoms with van der Waals surface area (Å²) in [5.41, 5.74) is 0.724. The van der Waals surface area contributed by atoms with Crippen LogP contribution in [0.2, 0.25) is 0 Å². The zero-order valence-corrected chi connectivity index (χ0v) is 14.2. The molecule has 21 heavy (non-hydrogen) atoms. The van der Waals surface area contributed by atoms with Gasteiger partial charge in [-0.05, 0) is 22.0 Å². The van der Waals surface area contributed by atoms with Crippen molar-refractivity contribution in [2.75, 3.05) is 14.2 Å². The maximum Gasteiger partial charge on any atom is 0.308 e. The van der Waals surface area contributed by atoms with E-state index < -0.39 is 11.9 Å². The van der Waals surface area contributed by atoms with Gasteiger partial charge in [-0.3, -0.25) is 9.59 Å². The second kappa shape index (κ2) is 6.53. The van der Waals surface area contributed by atoms with Crippen LogP contribution in [0.15, 0.2) is 16.6 Å². The normalized spacial score (nSPS) is 12.2. The molecule has 0 amide bonds. The Morgan fingerprint density at radius 2 is 2.10 bits per heavy atom. The molecule has 0 saturated carbocycles. The SMILES string of the molecule is COC(=O)C(C)CC(=O)c1nc2cc(Br)c(OC)cc2s1. The van der Waals surface area contributed by atoms with Crippen molar-refractivity contribution in [1.82, 2.24) is 4.98 Å². The summed E-state index contributed by atoms with van der Waals surface area (Å²) in [7, 11) is 2.89. The topological polar surface area (TPSA) is 65.5 Å². The Kier molecular flexibility index (Phi) is 4.95. The second-order valence-corrected chi connectivity index (χ2v) is 6.41. The average Bonchev–Trinajstić information content (AvgIpc) is 2.87. The molecule has 0 aliphatic carbocycles. The summed E-state index contributed by atoms with van der Waals surface area (Å²) in [6.45, 7) is 1.66. The highest BCUT2D eigenvalue weighted by Crippen LogP contribution is 2.33. The zero-order chi connectivity index (χ0) is 15.6. The molecule has 1 unspecified atom stereocenters. The first-order valence-electron chi connectivity index (χ1n) is 6.21. The van der Waals surface area contributed by atoms with Gasteiger partial charge in [-0.15, -0.1) is 11.3 Å². The van der Waals surface area contributed by atoms with Crippen LogP contribution < -0.4 is 4.74 Å². The standard InChI is InChI=1S/C14H14BrNO4S/c1-7(14(18)20-3)4-10(17)13-16-9-5-8(15)11(19-2)6-12(9)21-13/h5-7H,4H2,1-3H3. The fraction of sp³-hybridized carbons (Fsp3) is 0.357. The third-order valence-corrected chi connectivity index (χ3v) is 4.67. The maximum atomic E-state index is 12.2. The van der Waals surface area contributed by atoms with E-state index in [-0.39, 0.29) is 12.2 Å². The number of fused-ring (bicyclic) bond motifs is 1. The van der Waals surface area contributed by atoms with Gasteiger partial charge in [0.15, 0.2) is 10.8 Å². The molecule has 1 aromatic heterocycles. The lowest BCUT2D eigenvalue weighted by Crippen LogP contribution is -2.16. The van der Waals surface area contributed by atoms with Gasteiger partial charge in [-0.25, -0.2) is 4.98 Å². The monoisotopic (exact) mass is 371 g/mol. The number of nitrogens with zero attached hydrogens (tertiary/aromatic N) is 1. The van der Waals surface area contributed by atoms with Crippen molar-refractivity contribution in [3.05, 3.63) is 21.6 Å². The first kappa shape index (κ1) is 15.9. The number of hydrogen-bond donors (Lipinski definition) is 0. The molecular formula is C14H14BrNO4S. The van der Waals surface area contributed by atoms with Gasteiger partial charge >= 0.3 is 5.97 Å². The van der Waals surface area contributed by atoms with Gasteiger partial charge in [0.25, 0.3) is 0 Å². The third-order valence-electron chi connectivity index (χ3n) is 3.00. The number of thiazole rings is 1. The first-order valence-corrected chi connectivity index (χ1v) is 7.82. The van der Waals surface area contributed by atoms with Crippen LogP contribution in [0, 0.1) is 5.92 Å². The smallest absolute Gasteiger partial charge is 0.308 e. The van der Waals surface area contributed by atoms with Crippen molar-refractivity contribution in [2.24, 2.45) is 5.92 Å². The summed E-state index contributed by atoms with van der Waals surface area (Å²) in [4.78, 5) is 27.9. The van der Waals surface area contributed by atoms with Crippen LogP contribution in [0.4, 0.5) is 0 Å². The molecule has 7 heteroatoms. The van der Waals surface area contributed by atoms with Gasteiger partial charge in [0, 0.05) is 12.5 Å². The molecule has 0 aliphatic heterocycles. The summed E-state index contributed by atoms with van der Waals surface area (Å²) < 4.78 is 11.5. The molecule has 112 valence electrons. The summed E-state index contributed by atoms with van der Waals surface area (Å²) in [6.07, 6.45) is 0.0881. The molecule has 0 radical (unpaired) electrons. The highest BCUT2D eigenvalue weighted by Gasteiger charge is 2.21. The number of rotatable bonds is 5. The van der Waals surface area contributed by atoms with E-state index in [0.717, 1.165) is 14.7 Å². The molecule has 1 atom stereocenters. The number of ketones is 1. The molecule has 0 fully saturated rings. The minimum Gasteiger partial charge on any atom is -0.496 e. The number of ether oxygens (including phenoxy) is 2. The third kappa shape index (κ3) is 3.41. The minimum absolute atomic E-state index is 0.0881. The van der Waals surface area contributed by atoms with E-state index in [1.165, 1.54) is 18.4 Å². The number of halogens is 1. The molecule has 0 aliphatic rings. The Balaban J connectivity index is 2.26. The van der Waals surface area contributed by atoms with Crippen LogP contribution in [-0.2, 0) is 9.53 Å². The minimum atomic E-state index is -0.476. The summed E-state index contributed by atoms with van der Waals surface area (Å²) >= 11 is 4.68. The van der Waals surface area contributed by atoms with Gasteiger partial charge < -0.3 is 9.47 Å². The van der Waals surface area contributed by atoms with Gasteiger partial charge in [0.1, 0.15) is 5.75 Å². The Hall–Kier alpha value is -1.47. The number of aromatic nitrogens is 1. The van der Waals surface area contributed by atoms with Gasteiger partial charge in [0.05, 0.1) is 34.8 Å².